The van der Waals surface area contributed by atoms with Crippen LogP contribution in [0.15, 0.2) is 121 Å². The van der Waals surface area contributed by atoms with E-state index < -0.39 is 0 Å². The SMILES string of the molecule is Oc1ccc(N2c3ccccc3Oc3ccccc32)cc1-c1nc2ccccc2n1-c1ccccc1. The van der Waals surface area contributed by atoms with Crippen molar-refractivity contribution < 1.29 is 9.84 Å². The van der Waals surface area contributed by atoms with Gasteiger partial charge in [0.1, 0.15) is 11.6 Å². The second-order valence-electron chi connectivity index (χ2n) is 8.67. The number of rotatable bonds is 3. The summed E-state index contributed by atoms with van der Waals surface area (Å²) in [5.41, 5.74) is 6.24. The normalized spacial score (nSPS) is 12.2. The molecule has 0 saturated carbocycles. The van der Waals surface area contributed by atoms with Crippen LogP contribution in [0.25, 0.3) is 28.1 Å². The quantitative estimate of drug-likeness (QED) is 0.286. The van der Waals surface area contributed by atoms with Crippen molar-refractivity contribution in [2.24, 2.45) is 0 Å². The van der Waals surface area contributed by atoms with Crippen LogP contribution in [0.4, 0.5) is 17.1 Å². The zero-order valence-corrected chi connectivity index (χ0v) is 19.2. The standard InChI is InChI=1S/C31H21N3O2/c35-28-19-18-22(33-26-14-6-8-16-29(26)36-30-17-9-7-15-27(30)33)20-23(28)31-32-24-12-4-5-13-25(24)34(31)21-10-2-1-3-11-21/h1-20,35H. The lowest BCUT2D eigenvalue weighted by atomic mass is 10.1. The fourth-order valence-electron chi connectivity index (χ4n) is 4.87. The maximum atomic E-state index is 11.1. The van der Waals surface area contributed by atoms with E-state index in [1.807, 2.05) is 115 Å². The Bertz CT molecular complexity index is 1690. The van der Waals surface area contributed by atoms with Crippen molar-refractivity contribution in [2.45, 2.75) is 0 Å². The van der Waals surface area contributed by atoms with Crippen LogP contribution in [0.5, 0.6) is 17.2 Å². The largest absolute Gasteiger partial charge is 0.507 e. The molecule has 0 atom stereocenters. The summed E-state index contributed by atoms with van der Waals surface area (Å²) in [7, 11) is 0. The molecule has 0 bridgehead atoms. The Labute approximate surface area is 208 Å². The first-order valence-electron chi connectivity index (χ1n) is 11.8. The van der Waals surface area contributed by atoms with Gasteiger partial charge in [0.15, 0.2) is 11.5 Å². The Hall–Kier alpha value is -5.03. The van der Waals surface area contributed by atoms with Crippen LogP contribution < -0.4 is 9.64 Å². The van der Waals surface area contributed by atoms with Crippen molar-refractivity contribution in [3.63, 3.8) is 0 Å². The Morgan fingerprint density at radius 2 is 1.25 bits per heavy atom. The van der Waals surface area contributed by atoms with Gasteiger partial charge < -0.3 is 14.7 Å². The lowest BCUT2D eigenvalue weighted by molar-refractivity contribution is 0.475. The molecule has 1 aliphatic rings. The smallest absolute Gasteiger partial charge is 0.151 e. The molecule has 0 radical (unpaired) electrons. The lowest BCUT2D eigenvalue weighted by Crippen LogP contribution is -2.15. The monoisotopic (exact) mass is 467 g/mol. The third-order valence-electron chi connectivity index (χ3n) is 6.49. The molecular formula is C31H21N3O2. The summed E-state index contributed by atoms with van der Waals surface area (Å²) < 4.78 is 8.27. The Morgan fingerprint density at radius 3 is 2.00 bits per heavy atom. The van der Waals surface area contributed by atoms with Crippen LogP contribution in [0.1, 0.15) is 0 Å². The second kappa shape index (κ2) is 8.03. The maximum absolute atomic E-state index is 11.1. The van der Waals surface area contributed by atoms with E-state index in [0.717, 1.165) is 45.3 Å². The third kappa shape index (κ3) is 3.14. The molecule has 172 valence electrons. The van der Waals surface area contributed by atoms with Crippen LogP contribution in [-0.4, -0.2) is 14.7 Å². The van der Waals surface area contributed by atoms with Gasteiger partial charge in [-0.25, -0.2) is 4.98 Å². The Morgan fingerprint density at radius 1 is 0.611 bits per heavy atom. The van der Waals surface area contributed by atoms with E-state index in [2.05, 4.69) is 9.47 Å². The number of phenolic OH excluding ortho intramolecular Hbond substituents is 1. The molecular weight excluding hydrogens is 446 g/mol. The van der Waals surface area contributed by atoms with Gasteiger partial charge in [-0.2, -0.15) is 0 Å². The van der Waals surface area contributed by atoms with Crippen molar-refractivity contribution in [2.75, 3.05) is 4.90 Å². The molecule has 1 N–H and O–H groups in total. The van der Waals surface area contributed by atoms with E-state index in [1.54, 1.807) is 6.07 Å². The number of aromatic hydroxyl groups is 1. The van der Waals surface area contributed by atoms with Crippen LogP contribution >= 0.6 is 0 Å². The minimum atomic E-state index is 0.168. The second-order valence-corrected chi connectivity index (χ2v) is 8.67. The topological polar surface area (TPSA) is 50.5 Å². The minimum absolute atomic E-state index is 0.168. The number of para-hydroxylation sites is 7. The predicted octanol–water partition coefficient (Wildman–Crippen LogP) is 7.97. The molecule has 5 heteroatoms. The van der Waals surface area contributed by atoms with Crippen molar-refractivity contribution in [3.05, 3.63) is 121 Å². The molecule has 2 heterocycles. The van der Waals surface area contributed by atoms with Gasteiger partial charge in [0.2, 0.25) is 0 Å². The van der Waals surface area contributed by atoms with Crippen LogP contribution in [0.2, 0.25) is 0 Å². The molecule has 36 heavy (non-hydrogen) atoms. The van der Waals surface area contributed by atoms with E-state index in [1.165, 1.54) is 0 Å². The van der Waals surface area contributed by atoms with E-state index in [4.69, 9.17) is 9.72 Å². The van der Waals surface area contributed by atoms with Gasteiger partial charge in [0, 0.05) is 11.4 Å². The minimum Gasteiger partial charge on any atom is -0.507 e. The number of phenols is 1. The molecule has 1 aliphatic heterocycles. The van der Waals surface area contributed by atoms with Gasteiger partial charge >= 0.3 is 0 Å². The summed E-state index contributed by atoms with van der Waals surface area (Å²) in [5, 5.41) is 11.1. The summed E-state index contributed by atoms with van der Waals surface area (Å²) in [5.74, 6) is 2.40. The van der Waals surface area contributed by atoms with Crippen molar-refractivity contribution in [1.29, 1.82) is 0 Å². The van der Waals surface area contributed by atoms with Crippen LogP contribution in [-0.2, 0) is 0 Å². The number of imidazole rings is 1. The van der Waals surface area contributed by atoms with Gasteiger partial charge in [0.25, 0.3) is 0 Å². The highest BCUT2D eigenvalue weighted by molar-refractivity contribution is 5.90. The summed E-state index contributed by atoms with van der Waals surface area (Å²) >= 11 is 0. The number of fused-ring (bicyclic) bond motifs is 3. The summed E-state index contributed by atoms with van der Waals surface area (Å²) in [6.07, 6.45) is 0. The van der Waals surface area contributed by atoms with Gasteiger partial charge in [-0.05, 0) is 66.7 Å². The lowest BCUT2D eigenvalue weighted by Gasteiger charge is -2.33. The first-order valence-corrected chi connectivity index (χ1v) is 11.8. The molecule has 0 saturated heterocycles. The van der Waals surface area contributed by atoms with Gasteiger partial charge in [-0.1, -0.05) is 54.6 Å². The average molecular weight is 468 g/mol. The fourth-order valence-corrected chi connectivity index (χ4v) is 4.87. The highest BCUT2D eigenvalue weighted by atomic mass is 16.5. The van der Waals surface area contributed by atoms with Gasteiger partial charge in [-0.3, -0.25) is 4.57 Å². The van der Waals surface area contributed by atoms with Crippen LogP contribution in [0, 0.1) is 0 Å². The number of hydrogen-bond donors (Lipinski definition) is 1. The highest BCUT2D eigenvalue weighted by Gasteiger charge is 2.26. The summed E-state index contributed by atoms with van der Waals surface area (Å²) in [6, 6.07) is 39.7. The Balaban J connectivity index is 1.47. The van der Waals surface area contributed by atoms with E-state index in [0.29, 0.717) is 11.4 Å². The highest BCUT2D eigenvalue weighted by Crippen LogP contribution is 2.51. The van der Waals surface area contributed by atoms with Crippen molar-refractivity contribution in [3.8, 4) is 34.3 Å². The van der Waals surface area contributed by atoms with E-state index >= 15 is 0 Å². The van der Waals surface area contributed by atoms with E-state index in [-0.39, 0.29) is 5.75 Å². The molecule has 7 rings (SSSR count). The zero-order valence-electron chi connectivity index (χ0n) is 19.2. The van der Waals surface area contributed by atoms with Gasteiger partial charge in [0.05, 0.1) is 28.0 Å². The van der Waals surface area contributed by atoms with Crippen molar-refractivity contribution in [1.82, 2.24) is 9.55 Å². The van der Waals surface area contributed by atoms with Crippen molar-refractivity contribution >= 4 is 28.1 Å². The summed E-state index contributed by atoms with van der Waals surface area (Å²) in [4.78, 5) is 7.11. The summed E-state index contributed by atoms with van der Waals surface area (Å²) in [6.45, 7) is 0. The zero-order chi connectivity index (χ0) is 24.1. The molecule has 0 fully saturated rings. The molecule has 0 aliphatic carbocycles. The first kappa shape index (κ1) is 20.4. The molecule has 1 aromatic heterocycles. The van der Waals surface area contributed by atoms with Gasteiger partial charge in [-0.15, -0.1) is 0 Å². The number of anilines is 3. The number of nitrogens with zero attached hydrogens (tertiary/aromatic N) is 3. The number of benzene rings is 5. The molecule has 5 aromatic carbocycles. The number of ether oxygens (including phenoxy) is 1. The predicted molar refractivity (Wildman–Crippen MR) is 143 cm³/mol. The maximum Gasteiger partial charge on any atom is 0.151 e. The number of hydrogen-bond acceptors (Lipinski definition) is 4. The third-order valence-corrected chi connectivity index (χ3v) is 6.49. The molecule has 5 nitrogen and oxygen atoms in total. The molecule has 0 amide bonds. The first-order chi connectivity index (χ1) is 17.8. The average Bonchev–Trinajstić information content (AvgIpc) is 3.32. The molecule has 6 aromatic rings. The number of aromatic nitrogens is 2. The van der Waals surface area contributed by atoms with E-state index in [9.17, 15) is 5.11 Å². The fraction of sp³-hybridized carbons (Fsp3) is 0. The molecule has 0 spiro atoms. The molecule has 0 unspecified atom stereocenters. The Kier molecular flexibility index (Phi) is 4.54. The van der Waals surface area contributed by atoms with Crippen LogP contribution in [0.3, 0.4) is 0 Å².